The van der Waals surface area contributed by atoms with Gasteiger partial charge in [0.25, 0.3) is 0 Å². The summed E-state index contributed by atoms with van der Waals surface area (Å²) < 4.78 is 68.1. The number of fused-ring (bicyclic) bond motifs is 1. The maximum Gasteiger partial charge on any atom is 0.416 e. The lowest BCUT2D eigenvalue weighted by atomic mass is 10.1. The largest absolute Gasteiger partial charge is 0.436 e. The SMILES string of the molecule is CS(=O)(=O)Cc1cc(C#N)cc2nc(-c3ccc(NC(=O)CN4CCN(c5ccc(C(F)(F)F)cc5)CC4)cc3)oc12. The number of nitrogens with zero attached hydrogens (tertiary/aromatic N) is 4. The molecule has 9 nitrogen and oxygen atoms in total. The smallest absolute Gasteiger partial charge is 0.416 e. The summed E-state index contributed by atoms with van der Waals surface area (Å²) >= 11 is 0. The van der Waals surface area contributed by atoms with Crippen LogP contribution in [-0.2, 0) is 26.6 Å². The predicted molar refractivity (Wildman–Crippen MR) is 151 cm³/mol. The Morgan fingerprint density at radius 3 is 2.31 bits per heavy atom. The first-order chi connectivity index (χ1) is 19.9. The molecule has 1 aliphatic heterocycles. The Kier molecular flexibility index (Phi) is 7.94. The van der Waals surface area contributed by atoms with Crippen LogP contribution in [-0.4, -0.2) is 63.2 Å². The molecule has 1 aliphatic rings. The molecule has 0 spiro atoms. The van der Waals surface area contributed by atoms with Gasteiger partial charge in [0.05, 0.1) is 29.5 Å². The minimum atomic E-state index is -4.37. The lowest BCUT2D eigenvalue weighted by Gasteiger charge is -2.35. The third-order valence-electron chi connectivity index (χ3n) is 6.83. The van der Waals surface area contributed by atoms with Gasteiger partial charge >= 0.3 is 6.18 Å². The average Bonchev–Trinajstić information content (AvgIpc) is 3.37. The van der Waals surface area contributed by atoms with Gasteiger partial charge in [0, 0.05) is 54.9 Å². The number of oxazole rings is 1. The number of sulfone groups is 1. The van der Waals surface area contributed by atoms with Crippen LogP contribution >= 0.6 is 0 Å². The van der Waals surface area contributed by atoms with E-state index in [9.17, 15) is 31.6 Å². The third kappa shape index (κ3) is 6.89. The van der Waals surface area contributed by atoms with E-state index >= 15 is 0 Å². The van der Waals surface area contributed by atoms with E-state index in [1.54, 1.807) is 24.3 Å². The van der Waals surface area contributed by atoms with Gasteiger partial charge in [-0.15, -0.1) is 0 Å². The van der Waals surface area contributed by atoms with Gasteiger partial charge in [-0.25, -0.2) is 13.4 Å². The van der Waals surface area contributed by atoms with E-state index in [4.69, 9.17) is 4.42 Å². The Morgan fingerprint density at radius 1 is 1.05 bits per heavy atom. The molecule has 4 aromatic rings. The maximum atomic E-state index is 12.8. The van der Waals surface area contributed by atoms with E-state index in [0.717, 1.165) is 18.4 Å². The van der Waals surface area contributed by atoms with Gasteiger partial charge in [-0.05, 0) is 60.7 Å². The van der Waals surface area contributed by atoms with Crippen molar-refractivity contribution < 1.29 is 30.8 Å². The van der Waals surface area contributed by atoms with Gasteiger partial charge in [-0.2, -0.15) is 18.4 Å². The molecule has 3 aromatic carbocycles. The molecule has 0 radical (unpaired) electrons. The molecule has 0 atom stereocenters. The summed E-state index contributed by atoms with van der Waals surface area (Å²) in [5, 5.41) is 12.2. The van der Waals surface area contributed by atoms with Crippen molar-refractivity contribution in [2.24, 2.45) is 0 Å². The molecule has 0 saturated carbocycles. The lowest BCUT2D eigenvalue weighted by Crippen LogP contribution is -2.48. The first-order valence-electron chi connectivity index (χ1n) is 12.9. The number of nitrogens with one attached hydrogen (secondary N) is 1. The molecule has 1 saturated heterocycles. The average molecular weight is 598 g/mol. The Morgan fingerprint density at radius 2 is 1.71 bits per heavy atom. The van der Waals surface area contributed by atoms with Crippen LogP contribution in [0.15, 0.2) is 65.1 Å². The van der Waals surface area contributed by atoms with Crippen LogP contribution in [0, 0.1) is 11.3 Å². The minimum Gasteiger partial charge on any atom is -0.436 e. The van der Waals surface area contributed by atoms with E-state index in [1.807, 2.05) is 15.9 Å². The highest BCUT2D eigenvalue weighted by Gasteiger charge is 2.30. The highest BCUT2D eigenvalue weighted by atomic mass is 32.2. The van der Waals surface area contributed by atoms with Gasteiger partial charge < -0.3 is 14.6 Å². The van der Waals surface area contributed by atoms with Crippen LogP contribution in [0.3, 0.4) is 0 Å². The standard InChI is InChI=1S/C29H26F3N5O4S/c1-42(39,40)18-21-14-19(16-33)15-25-27(21)41-28(35-25)20-2-6-23(7-3-20)34-26(38)17-36-10-12-37(13-11-36)24-8-4-22(5-9-24)29(30,31)32/h2-9,14-15H,10-13,17-18H2,1H3,(H,34,38). The number of nitriles is 1. The quantitative estimate of drug-likeness (QED) is 0.326. The van der Waals surface area contributed by atoms with Gasteiger partial charge in [-0.1, -0.05) is 0 Å². The van der Waals surface area contributed by atoms with Crippen LogP contribution in [0.5, 0.6) is 0 Å². The molecule has 5 rings (SSSR count). The fraction of sp³-hybridized carbons (Fsp3) is 0.276. The summed E-state index contributed by atoms with van der Waals surface area (Å²) in [6, 6.07) is 16.9. The van der Waals surface area contributed by atoms with Crippen LogP contribution in [0.25, 0.3) is 22.6 Å². The summed E-state index contributed by atoms with van der Waals surface area (Å²) in [6.45, 7) is 2.50. The number of anilines is 2. The van der Waals surface area contributed by atoms with E-state index in [0.29, 0.717) is 59.8 Å². The number of rotatable bonds is 7. The highest BCUT2D eigenvalue weighted by molar-refractivity contribution is 7.89. The van der Waals surface area contributed by atoms with Crippen molar-refractivity contribution in [1.29, 1.82) is 5.26 Å². The molecule has 1 aromatic heterocycles. The van der Waals surface area contributed by atoms with Crippen molar-refractivity contribution in [3.8, 4) is 17.5 Å². The number of hydrogen-bond acceptors (Lipinski definition) is 8. The summed E-state index contributed by atoms with van der Waals surface area (Å²) in [5.74, 6) is -0.247. The fourth-order valence-electron chi connectivity index (χ4n) is 4.80. The van der Waals surface area contributed by atoms with E-state index in [1.165, 1.54) is 24.3 Å². The second kappa shape index (κ2) is 11.5. The van der Waals surface area contributed by atoms with Crippen molar-refractivity contribution in [3.05, 3.63) is 77.4 Å². The number of alkyl halides is 3. The molecule has 0 aliphatic carbocycles. The maximum absolute atomic E-state index is 12.8. The number of amides is 1. The Labute approximate surface area is 240 Å². The fourth-order valence-corrected chi connectivity index (χ4v) is 5.58. The summed E-state index contributed by atoms with van der Waals surface area (Å²) in [7, 11) is -3.38. The van der Waals surface area contributed by atoms with Crippen molar-refractivity contribution >= 4 is 38.2 Å². The first-order valence-corrected chi connectivity index (χ1v) is 15.0. The summed E-state index contributed by atoms with van der Waals surface area (Å²) in [6.07, 6.45) is -3.27. The number of carbonyl (C=O) groups is 1. The van der Waals surface area contributed by atoms with Gasteiger partial charge in [0.2, 0.25) is 11.8 Å². The zero-order valence-corrected chi connectivity index (χ0v) is 23.3. The molecule has 13 heteroatoms. The van der Waals surface area contributed by atoms with E-state index in [-0.39, 0.29) is 29.7 Å². The number of benzene rings is 3. The third-order valence-corrected chi connectivity index (χ3v) is 7.66. The predicted octanol–water partition coefficient (Wildman–Crippen LogP) is 4.69. The van der Waals surface area contributed by atoms with E-state index < -0.39 is 21.6 Å². The molecule has 0 unspecified atom stereocenters. The molecule has 1 N–H and O–H groups in total. The molecule has 2 heterocycles. The minimum absolute atomic E-state index is 0.165. The highest BCUT2D eigenvalue weighted by Crippen LogP contribution is 2.31. The Hall–Kier alpha value is -4.41. The Bertz CT molecular complexity index is 1750. The van der Waals surface area contributed by atoms with Crippen LogP contribution in [0.4, 0.5) is 24.5 Å². The van der Waals surface area contributed by atoms with Crippen molar-refractivity contribution in [1.82, 2.24) is 9.88 Å². The van der Waals surface area contributed by atoms with Crippen LogP contribution in [0.2, 0.25) is 0 Å². The van der Waals surface area contributed by atoms with Crippen molar-refractivity contribution in [3.63, 3.8) is 0 Å². The zero-order chi connectivity index (χ0) is 30.1. The lowest BCUT2D eigenvalue weighted by molar-refractivity contribution is -0.137. The molecule has 218 valence electrons. The van der Waals surface area contributed by atoms with Crippen molar-refractivity contribution in [2.75, 3.05) is 49.2 Å². The molecular weight excluding hydrogens is 571 g/mol. The van der Waals surface area contributed by atoms with E-state index in [2.05, 4.69) is 10.3 Å². The van der Waals surface area contributed by atoms with Crippen LogP contribution < -0.4 is 10.2 Å². The Balaban J connectivity index is 1.18. The number of carbonyl (C=O) groups excluding carboxylic acids is 1. The second-order valence-corrected chi connectivity index (χ2v) is 12.3. The van der Waals surface area contributed by atoms with Crippen LogP contribution in [0.1, 0.15) is 16.7 Å². The van der Waals surface area contributed by atoms with Gasteiger partial charge in [0.1, 0.15) is 5.52 Å². The first kappa shape index (κ1) is 29.1. The second-order valence-electron chi connectivity index (χ2n) is 10.1. The monoisotopic (exact) mass is 597 g/mol. The number of aromatic nitrogens is 1. The topological polar surface area (TPSA) is 120 Å². The van der Waals surface area contributed by atoms with Gasteiger partial charge in [-0.3, -0.25) is 9.69 Å². The molecule has 1 amide bonds. The number of piperazine rings is 1. The zero-order valence-electron chi connectivity index (χ0n) is 22.5. The molecule has 42 heavy (non-hydrogen) atoms. The normalized spacial score (nSPS) is 14.6. The number of hydrogen-bond donors (Lipinski definition) is 1. The van der Waals surface area contributed by atoms with Gasteiger partial charge in [0.15, 0.2) is 15.4 Å². The van der Waals surface area contributed by atoms with Crippen molar-refractivity contribution in [2.45, 2.75) is 11.9 Å². The molecule has 1 fully saturated rings. The summed E-state index contributed by atoms with van der Waals surface area (Å²) in [5.41, 5.74) is 2.50. The molecular formula is C29H26F3N5O4S. The molecule has 0 bridgehead atoms. The number of halogens is 3. The summed E-state index contributed by atoms with van der Waals surface area (Å²) in [4.78, 5) is 21.1.